The van der Waals surface area contributed by atoms with E-state index in [4.69, 9.17) is 4.74 Å². The van der Waals surface area contributed by atoms with E-state index >= 15 is 0 Å². The molecular weight excluding hydrogens is 443 g/mol. The average Bonchev–Trinajstić information content (AvgIpc) is 2.82. The van der Waals surface area contributed by atoms with E-state index < -0.39 is 11.9 Å². The molecular formula is C23H25FN6O4. The second kappa shape index (κ2) is 9.45. The van der Waals surface area contributed by atoms with E-state index in [0.29, 0.717) is 55.2 Å². The minimum atomic E-state index is -0.599. The van der Waals surface area contributed by atoms with Gasteiger partial charge in [0.2, 0.25) is 0 Å². The number of halogens is 1. The largest absolute Gasteiger partial charge is 0.480 e. The number of benzene rings is 1. The van der Waals surface area contributed by atoms with Crippen molar-refractivity contribution in [3.05, 3.63) is 58.4 Å². The van der Waals surface area contributed by atoms with Gasteiger partial charge >= 0.3 is 0 Å². The van der Waals surface area contributed by atoms with Gasteiger partial charge in [0.25, 0.3) is 11.5 Å². The van der Waals surface area contributed by atoms with Crippen molar-refractivity contribution in [2.45, 2.75) is 31.7 Å². The summed E-state index contributed by atoms with van der Waals surface area (Å²) in [5.74, 6) is 0.296. The van der Waals surface area contributed by atoms with Gasteiger partial charge in [0.05, 0.1) is 29.0 Å². The number of β-amino-alcohol motifs (C(OH)–C–C–N with tert-alkyl or cyclic N) is 1. The highest BCUT2D eigenvalue weighted by Gasteiger charge is 2.27. The summed E-state index contributed by atoms with van der Waals surface area (Å²) in [6.07, 6.45) is 1.36. The van der Waals surface area contributed by atoms with E-state index in [-0.39, 0.29) is 24.1 Å². The maximum Gasteiger partial charge on any atom is 0.269 e. The number of carbonyl (C=O) groups excluding carboxylic acids is 1. The Bertz CT molecular complexity index is 1280. The summed E-state index contributed by atoms with van der Waals surface area (Å²) in [5.41, 5.74) is 1.47. The summed E-state index contributed by atoms with van der Waals surface area (Å²) in [4.78, 5) is 34.4. The molecule has 1 saturated heterocycles. The zero-order valence-electron chi connectivity index (χ0n) is 18.4. The molecule has 11 heteroatoms. The number of aliphatic hydroxyl groups excluding tert-OH is 1. The highest BCUT2D eigenvalue weighted by molar-refractivity contribution is 5.94. The van der Waals surface area contributed by atoms with E-state index in [0.717, 1.165) is 12.2 Å². The molecule has 2 aliphatic heterocycles. The molecule has 0 unspecified atom stereocenters. The van der Waals surface area contributed by atoms with Gasteiger partial charge < -0.3 is 25.0 Å². The molecule has 2 aromatic heterocycles. The SMILES string of the molecule is O=C1COc2ccc(CN[C@H]3CCN(CCn4c(=O)cnc5ccc(F)cc54)C[C@H]3O)nc2N1. The summed E-state index contributed by atoms with van der Waals surface area (Å²) in [6.45, 7) is 2.53. The first-order valence-electron chi connectivity index (χ1n) is 11.2. The van der Waals surface area contributed by atoms with E-state index in [2.05, 4.69) is 25.5 Å². The summed E-state index contributed by atoms with van der Waals surface area (Å²) >= 11 is 0. The topological polar surface area (TPSA) is 122 Å². The van der Waals surface area contributed by atoms with Crippen molar-refractivity contribution in [2.75, 3.05) is 31.6 Å². The van der Waals surface area contributed by atoms with Crippen LogP contribution >= 0.6 is 0 Å². The smallest absolute Gasteiger partial charge is 0.269 e. The normalized spacial score (nSPS) is 20.6. The number of rotatable bonds is 6. The van der Waals surface area contributed by atoms with Crippen molar-refractivity contribution in [2.24, 2.45) is 0 Å². The minimum Gasteiger partial charge on any atom is -0.480 e. The standard InChI is InChI=1S/C23H25FN6O4/c24-14-1-3-16-18(9-14)30(22(33)11-26-16)8-7-29-6-5-17(19(31)12-29)25-10-15-2-4-20-23(27-15)28-21(32)13-34-20/h1-4,9,11,17,19,25,31H,5-8,10,12-13H2,(H,27,28,32)/t17-,19+/m0/s1. The summed E-state index contributed by atoms with van der Waals surface area (Å²) in [5, 5.41) is 16.7. The number of aliphatic hydroxyl groups is 1. The van der Waals surface area contributed by atoms with E-state index in [9.17, 15) is 19.1 Å². The van der Waals surface area contributed by atoms with Crippen molar-refractivity contribution in [1.82, 2.24) is 24.8 Å². The highest BCUT2D eigenvalue weighted by atomic mass is 19.1. The number of nitrogens with one attached hydrogen (secondary N) is 2. The van der Waals surface area contributed by atoms with Crippen molar-refractivity contribution in [1.29, 1.82) is 0 Å². The number of piperidine rings is 1. The van der Waals surface area contributed by atoms with Crippen LogP contribution < -0.4 is 20.9 Å². The number of carbonyl (C=O) groups is 1. The molecule has 0 radical (unpaired) electrons. The van der Waals surface area contributed by atoms with E-state index in [1.807, 2.05) is 6.07 Å². The van der Waals surface area contributed by atoms with Gasteiger partial charge in [-0.3, -0.25) is 14.5 Å². The zero-order valence-corrected chi connectivity index (χ0v) is 18.4. The Morgan fingerprint density at radius 2 is 2.12 bits per heavy atom. The fourth-order valence-electron chi connectivity index (χ4n) is 4.38. The molecule has 1 fully saturated rings. The molecule has 3 N–H and O–H groups in total. The predicted molar refractivity (Wildman–Crippen MR) is 122 cm³/mol. The number of aromatic nitrogens is 3. The van der Waals surface area contributed by atoms with Crippen LogP contribution in [-0.2, 0) is 17.9 Å². The Balaban J connectivity index is 1.16. The minimum absolute atomic E-state index is 0.0139. The van der Waals surface area contributed by atoms with Gasteiger partial charge in [0.1, 0.15) is 5.82 Å². The molecule has 1 amide bonds. The summed E-state index contributed by atoms with van der Waals surface area (Å²) in [7, 11) is 0. The van der Waals surface area contributed by atoms with Gasteiger partial charge in [0.15, 0.2) is 18.2 Å². The molecule has 3 aromatic rings. The van der Waals surface area contributed by atoms with Crippen LogP contribution in [0.1, 0.15) is 12.1 Å². The molecule has 178 valence electrons. The van der Waals surface area contributed by atoms with Crippen molar-refractivity contribution >= 4 is 22.8 Å². The Hall–Kier alpha value is -3.41. The Morgan fingerprint density at radius 1 is 1.24 bits per heavy atom. The van der Waals surface area contributed by atoms with Gasteiger partial charge in [-0.25, -0.2) is 14.4 Å². The van der Waals surface area contributed by atoms with E-state index in [1.165, 1.54) is 22.9 Å². The predicted octanol–water partition coefficient (Wildman–Crippen LogP) is 0.486. The number of amides is 1. The second-order valence-electron chi connectivity index (χ2n) is 8.51. The van der Waals surface area contributed by atoms with Crippen LogP contribution in [0.15, 0.2) is 41.3 Å². The molecule has 0 spiro atoms. The number of nitrogens with zero attached hydrogens (tertiary/aromatic N) is 4. The molecule has 1 aromatic carbocycles. The first-order valence-corrected chi connectivity index (χ1v) is 11.2. The van der Waals surface area contributed by atoms with Gasteiger partial charge in [-0.2, -0.15) is 0 Å². The second-order valence-corrected chi connectivity index (χ2v) is 8.51. The highest BCUT2D eigenvalue weighted by Crippen LogP contribution is 2.25. The Morgan fingerprint density at radius 3 is 2.97 bits per heavy atom. The molecule has 0 aliphatic carbocycles. The lowest BCUT2D eigenvalue weighted by Gasteiger charge is -2.36. The van der Waals surface area contributed by atoms with Crippen LogP contribution in [0.2, 0.25) is 0 Å². The molecule has 34 heavy (non-hydrogen) atoms. The molecule has 2 atom stereocenters. The first kappa shape index (κ1) is 22.4. The molecule has 0 saturated carbocycles. The van der Waals surface area contributed by atoms with Gasteiger partial charge in [-0.05, 0) is 43.3 Å². The number of hydrogen-bond donors (Lipinski definition) is 3. The lowest BCUT2D eigenvalue weighted by Crippen LogP contribution is -2.53. The van der Waals surface area contributed by atoms with Crippen LogP contribution in [0.4, 0.5) is 10.2 Å². The fraction of sp³-hybridized carbons (Fsp3) is 0.391. The van der Waals surface area contributed by atoms with Crippen molar-refractivity contribution < 1.29 is 19.0 Å². The first-order chi connectivity index (χ1) is 16.5. The lowest BCUT2D eigenvalue weighted by molar-refractivity contribution is -0.118. The monoisotopic (exact) mass is 468 g/mol. The third-order valence-electron chi connectivity index (χ3n) is 6.19. The van der Waals surface area contributed by atoms with Crippen molar-refractivity contribution in [3.8, 4) is 5.75 Å². The summed E-state index contributed by atoms with van der Waals surface area (Å²) in [6, 6.07) is 7.68. The molecule has 10 nitrogen and oxygen atoms in total. The number of fused-ring (bicyclic) bond motifs is 2. The number of likely N-dealkylation sites (tertiary alicyclic amines) is 1. The van der Waals surface area contributed by atoms with Crippen LogP contribution in [0.3, 0.4) is 0 Å². The van der Waals surface area contributed by atoms with Crippen molar-refractivity contribution in [3.63, 3.8) is 0 Å². The molecule has 4 heterocycles. The molecule has 2 aliphatic rings. The van der Waals surface area contributed by atoms with Gasteiger partial charge in [-0.15, -0.1) is 0 Å². The summed E-state index contributed by atoms with van der Waals surface area (Å²) < 4.78 is 20.6. The maximum atomic E-state index is 13.7. The average molecular weight is 468 g/mol. The number of ether oxygens (including phenoxy) is 1. The quantitative estimate of drug-likeness (QED) is 0.478. The third kappa shape index (κ3) is 4.76. The van der Waals surface area contributed by atoms with Gasteiger partial charge in [0, 0.05) is 32.2 Å². The number of pyridine rings is 1. The Kier molecular flexibility index (Phi) is 6.22. The fourth-order valence-corrected chi connectivity index (χ4v) is 4.38. The number of anilines is 1. The van der Waals surface area contributed by atoms with Crippen LogP contribution in [0, 0.1) is 5.82 Å². The van der Waals surface area contributed by atoms with Crippen LogP contribution in [0.5, 0.6) is 5.75 Å². The third-order valence-corrected chi connectivity index (χ3v) is 6.19. The maximum absolute atomic E-state index is 13.7. The molecule has 5 rings (SSSR count). The van der Waals surface area contributed by atoms with Crippen LogP contribution in [0.25, 0.3) is 11.0 Å². The Labute approximate surface area is 194 Å². The number of hydrogen-bond acceptors (Lipinski definition) is 8. The lowest BCUT2D eigenvalue weighted by atomic mass is 10.0. The van der Waals surface area contributed by atoms with Gasteiger partial charge in [-0.1, -0.05) is 0 Å². The zero-order chi connectivity index (χ0) is 23.7. The molecule has 0 bridgehead atoms. The van der Waals surface area contributed by atoms with Crippen LogP contribution in [-0.4, -0.2) is 68.8 Å². The van der Waals surface area contributed by atoms with E-state index in [1.54, 1.807) is 12.1 Å².